The third kappa shape index (κ3) is 2.58. The minimum atomic E-state index is 0.517. The van der Waals surface area contributed by atoms with Crippen molar-refractivity contribution in [1.29, 1.82) is 0 Å². The molecule has 2 nitrogen and oxygen atoms in total. The van der Waals surface area contributed by atoms with Crippen molar-refractivity contribution >= 4 is 0 Å². The second-order valence-electron chi connectivity index (χ2n) is 8.20. The number of nitrogens with zero attached hydrogens (tertiary/aromatic N) is 1. The van der Waals surface area contributed by atoms with Crippen LogP contribution in [0.1, 0.15) is 54.9 Å². The summed E-state index contributed by atoms with van der Waals surface area (Å²) in [6.45, 7) is 20.5. The van der Waals surface area contributed by atoms with Crippen LogP contribution in [0.2, 0.25) is 0 Å². The Kier molecular flexibility index (Phi) is 4.06. The average Bonchev–Trinajstić information content (AvgIpc) is 2.73. The van der Waals surface area contributed by atoms with Crippen molar-refractivity contribution in [3.8, 4) is 0 Å². The van der Waals surface area contributed by atoms with Crippen LogP contribution in [-0.4, -0.2) is 36.6 Å². The van der Waals surface area contributed by atoms with Crippen LogP contribution in [0, 0.1) is 22.7 Å². The molecule has 2 heteroatoms. The first-order valence-electron chi connectivity index (χ1n) is 8.19. The summed E-state index contributed by atoms with van der Waals surface area (Å²) in [7, 11) is 0. The van der Waals surface area contributed by atoms with E-state index in [1.54, 1.807) is 0 Å². The van der Waals surface area contributed by atoms with Gasteiger partial charge < -0.3 is 5.32 Å². The standard InChI is InChI=1S/C17H34N2/c1-8-12(2)14-10-19(13(3)9-18-14)11-15-16(4,5)17(15,6)7/h12-15,18H,8-11H2,1-7H3. The summed E-state index contributed by atoms with van der Waals surface area (Å²) in [4.78, 5) is 2.74. The fourth-order valence-electron chi connectivity index (χ4n) is 3.89. The number of piperazine rings is 1. The highest BCUT2D eigenvalue weighted by molar-refractivity contribution is 5.13. The van der Waals surface area contributed by atoms with Crippen molar-refractivity contribution in [2.24, 2.45) is 22.7 Å². The molecule has 1 aliphatic carbocycles. The first kappa shape index (κ1) is 15.3. The highest BCUT2D eigenvalue weighted by Gasteiger charge is 2.64. The molecule has 0 spiro atoms. The lowest BCUT2D eigenvalue weighted by molar-refractivity contribution is 0.107. The first-order valence-corrected chi connectivity index (χ1v) is 8.19. The van der Waals surface area contributed by atoms with E-state index in [2.05, 4.69) is 58.7 Å². The van der Waals surface area contributed by atoms with E-state index >= 15 is 0 Å². The fourth-order valence-corrected chi connectivity index (χ4v) is 3.89. The fraction of sp³-hybridized carbons (Fsp3) is 1.00. The molecule has 0 amide bonds. The van der Waals surface area contributed by atoms with Gasteiger partial charge in [0.05, 0.1) is 0 Å². The van der Waals surface area contributed by atoms with Crippen molar-refractivity contribution in [2.75, 3.05) is 19.6 Å². The lowest BCUT2D eigenvalue weighted by Crippen LogP contribution is -2.57. The van der Waals surface area contributed by atoms with Crippen LogP contribution < -0.4 is 5.32 Å². The molecule has 0 bridgehead atoms. The molecule has 0 aromatic heterocycles. The Morgan fingerprint density at radius 3 is 2.26 bits per heavy atom. The summed E-state index contributed by atoms with van der Waals surface area (Å²) in [6, 6.07) is 1.37. The average molecular weight is 266 g/mol. The van der Waals surface area contributed by atoms with E-state index in [4.69, 9.17) is 0 Å². The third-order valence-corrected chi connectivity index (χ3v) is 6.80. The minimum absolute atomic E-state index is 0.517. The van der Waals surface area contributed by atoms with Crippen LogP contribution in [0.3, 0.4) is 0 Å². The van der Waals surface area contributed by atoms with Gasteiger partial charge in [0.1, 0.15) is 0 Å². The normalized spacial score (nSPS) is 36.2. The SMILES string of the molecule is CCC(C)C1CN(CC2C(C)(C)C2(C)C)C(C)CN1. The molecule has 19 heavy (non-hydrogen) atoms. The second-order valence-corrected chi connectivity index (χ2v) is 8.20. The lowest BCUT2D eigenvalue weighted by Gasteiger charge is -2.41. The zero-order valence-electron chi connectivity index (χ0n) is 14.1. The molecule has 0 aromatic rings. The Morgan fingerprint density at radius 2 is 1.79 bits per heavy atom. The summed E-state index contributed by atoms with van der Waals surface area (Å²) >= 11 is 0. The lowest BCUT2D eigenvalue weighted by atomic mass is 9.95. The molecule has 1 N–H and O–H groups in total. The topological polar surface area (TPSA) is 15.3 Å². The van der Waals surface area contributed by atoms with Gasteiger partial charge in [-0.25, -0.2) is 0 Å². The number of hydrogen-bond donors (Lipinski definition) is 1. The summed E-state index contributed by atoms with van der Waals surface area (Å²) in [6.07, 6.45) is 1.28. The summed E-state index contributed by atoms with van der Waals surface area (Å²) in [5.74, 6) is 1.65. The Morgan fingerprint density at radius 1 is 1.21 bits per heavy atom. The minimum Gasteiger partial charge on any atom is -0.311 e. The zero-order chi connectivity index (χ0) is 14.4. The van der Waals surface area contributed by atoms with E-state index in [0.717, 1.165) is 18.4 Å². The maximum atomic E-state index is 3.74. The van der Waals surface area contributed by atoms with E-state index in [1.165, 1.54) is 19.5 Å². The predicted molar refractivity (Wildman–Crippen MR) is 83.3 cm³/mol. The molecule has 0 aromatic carbocycles. The van der Waals surface area contributed by atoms with Gasteiger partial charge in [0, 0.05) is 31.7 Å². The van der Waals surface area contributed by atoms with Crippen LogP contribution in [-0.2, 0) is 0 Å². The van der Waals surface area contributed by atoms with Gasteiger partial charge in [0.25, 0.3) is 0 Å². The van der Waals surface area contributed by atoms with Gasteiger partial charge in [0.2, 0.25) is 0 Å². The monoisotopic (exact) mass is 266 g/mol. The summed E-state index contributed by atoms with van der Waals surface area (Å²) < 4.78 is 0. The molecule has 1 saturated heterocycles. The maximum Gasteiger partial charge on any atom is 0.0221 e. The van der Waals surface area contributed by atoms with E-state index in [0.29, 0.717) is 22.9 Å². The molecular weight excluding hydrogens is 232 g/mol. The van der Waals surface area contributed by atoms with Crippen molar-refractivity contribution in [3.05, 3.63) is 0 Å². The number of hydrogen-bond acceptors (Lipinski definition) is 2. The van der Waals surface area contributed by atoms with E-state index in [9.17, 15) is 0 Å². The summed E-state index contributed by atoms with van der Waals surface area (Å²) in [5.41, 5.74) is 1.03. The van der Waals surface area contributed by atoms with Gasteiger partial charge in [-0.2, -0.15) is 0 Å². The van der Waals surface area contributed by atoms with Gasteiger partial charge in [0.15, 0.2) is 0 Å². The molecular formula is C17H34N2. The Balaban J connectivity index is 1.96. The van der Waals surface area contributed by atoms with Crippen LogP contribution in [0.5, 0.6) is 0 Å². The van der Waals surface area contributed by atoms with Crippen molar-refractivity contribution in [2.45, 2.75) is 67.0 Å². The van der Waals surface area contributed by atoms with E-state index in [1.807, 2.05) is 0 Å². The quantitative estimate of drug-likeness (QED) is 0.839. The van der Waals surface area contributed by atoms with E-state index in [-0.39, 0.29) is 0 Å². The molecule has 3 atom stereocenters. The maximum absolute atomic E-state index is 3.74. The van der Waals surface area contributed by atoms with Crippen molar-refractivity contribution < 1.29 is 0 Å². The Labute approximate surface area is 120 Å². The van der Waals surface area contributed by atoms with Gasteiger partial charge in [-0.05, 0) is 29.6 Å². The molecule has 3 unspecified atom stereocenters. The summed E-state index contributed by atoms with van der Waals surface area (Å²) in [5, 5.41) is 3.74. The molecule has 1 aliphatic heterocycles. The van der Waals surface area contributed by atoms with Gasteiger partial charge in [-0.3, -0.25) is 4.90 Å². The predicted octanol–water partition coefficient (Wildman–Crippen LogP) is 3.38. The molecule has 0 radical (unpaired) electrons. The van der Waals surface area contributed by atoms with Crippen LogP contribution in [0.15, 0.2) is 0 Å². The molecule has 2 rings (SSSR count). The van der Waals surface area contributed by atoms with Crippen molar-refractivity contribution in [1.82, 2.24) is 10.2 Å². The second kappa shape index (κ2) is 5.04. The highest BCUT2D eigenvalue weighted by atomic mass is 15.2. The smallest absolute Gasteiger partial charge is 0.0221 e. The van der Waals surface area contributed by atoms with Gasteiger partial charge in [-0.1, -0.05) is 48.0 Å². The highest BCUT2D eigenvalue weighted by Crippen LogP contribution is 2.68. The van der Waals surface area contributed by atoms with Gasteiger partial charge in [-0.15, -0.1) is 0 Å². The largest absolute Gasteiger partial charge is 0.311 e. The molecule has 2 fully saturated rings. The van der Waals surface area contributed by atoms with Crippen LogP contribution in [0.25, 0.3) is 0 Å². The Bertz CT molecular complexity index is 307. The first-order chi connectivity index (χ1) is 8.71. The molecule has 112 valence electrons. The number of rotatable bonds is 4. The zero-order valence-corrected chi connectivity index (χ0v) is 14.1. The van der Waals surface area contributed by atoms with Crippen molar-refractivity contribution in [3.63, 3.8) is 0 Å². The third-order valence-electron chi connectivity index (χ3n) is 6.80. The Hall–Kier alpha value is -0.0800. The van der Waals surface area contributed by atoms with Crippen LogP contribution >= 0.6 is 0 Å². The van der Waals surface area contributed by atoms with Gasteiger partial charge >= 0.3 is 0 Å². The van der Waals surface area contributed by atoms with Crippen LogP contribution in [0.4, 0.5) is 0 Å². The molecule has 1 heterocycles. The molecule has 2 aliphatic rings. The molecule has 1 saturated carbocycles. The van der Waals surface area contributed by atoms with E-state index < -0.39 is 0 Å². The number of nitrogens with one attached hydrogen (secondary N) is 1.